The van der Waals surface area contributed by atoms with Crippen LogP contribution in [0.4, 0.5) is 10.5 Å². The summed E-state index contributed by atoms with van der Waals surface area (Å²) in [7, 11) is 0. The molecule has 3 N–H and O–H groups in total. The first-order chi connectivity index (χ1) is 9.11. The molecule has 0 saturated carbocycles. The molecule has 0 aliphatic carbocycles. The summed E-state index contributed by atoms with van der Waals surface area (Å²) in [6, 6.07) is 6.97. The largest absolute Gasteiger partial charge is 0.465 e. The molecule has 100 valence electrons. The van der Waals surface area contributed by atoms with Crippen molar-refractivity contribution in [2.24, 2.45) is 5.11 Å². The second kappa shape index (κ2) is 7.57. The minimum absolute atomic E-state index is 0.249. The quantitative estimate of drug-likeness (QED) is 0.411. The normalized spacial score (nSPS) is 9.26. The van der Waals surface area contributed by atoms with Crippen molar-refractivity contribution in [1.82, 2.24) is 5.32 Å². The van der Waals surface area contributed by atoms with Crippen LogP contribution in [-0.2, 0) is 11.2 Å². The number of amides is 2. The van der Waals surface area contributed by atoms with Crippen LogP contribution in [0.5, 0.6) is 0 Å². The molecule has 0 atom stereocenters. The van der Waals surface area contributed by atoms with Gasteiger partial charge in [-0.1, -0.05) is 17.2 Å². The van der Waals surface area contributed by atoms with Crippen LogP contribution < -0.4 is 10.6 Å². The van der Waals surface area contributed by atoms with Crippen molar-refractivity contribution in [1.29, 1.82) is 0 Å². The van der Waals surface area contributed by atoms with E-state index in [1.165, 1.54) is 0 Å². The minimum Gasteiger partial charge on any atom is -0.465 e. The van der Waals surface area contributed by atoms with Crippen LogP contribution in [0.25, 0.3) is 10.4 Å². The molecular formula is C11H13N5O3. The zero-order chi connectivity index (χ0) is 14.1. The Labute approximate surface area is 109 Å². The third kappa shape index (κ3) is 5.94. The predicted octanol–water partition coefficient (Wildman–Crippen LogP) is 1.75. The summed E-state index contributed by atoms with van der Waals surface area (Å²) < 4.78 is 0. The summed E-state index contributed by atoms with van der Waals surface area (Å²) in [4.78, 5) is 24.0. The van der Waals surface area contributed by atoms with Crippen LogP contribution >= 0.6 is 0 Å². The van der Waals surface area contributed by atoms with Crippen molar-refractivity contribution in [3.8, 4) is 0 Å². The zero-order valence-corrected chi connectivity index (χ0v) is 10.0. The molecule has 8 heteroatoms. The number of hydrogen-bond acceptors (Lipinski definition) is 3. The molecule has 1 aromatic carbocycles. The average molecular weight is 263 g/mol. The molecule has 19 heavy (non-hydrogen) atoms. The van der Waals surface area contributed by atoms with Gasteiger partial charge >= 0.3 is 6.09 Å². The first-order valence-electron chi connectivity index (χ1n) is 5.48. The van der Waals surface area contributed by atoms with Gasteiger partial charge in [-0.05, 0) is 29.6 Å². The smallest absolute Gasteiger partial charge is 0.404 e. The number of nitrogens with zero attached hydrogens (tertiary/aromatic N) is 3. The number of hydrogen-bond donors (Lipinski definition) is 3. The molecule has 0 heterocycles. The van der Waals surface area contributed by atoms with Gasteiger partial charge < -0.3 is 15.7 Å². The lowest BCUT2D eigenvalue weighted by atomic mass is 10.1. The Morgan fingerprint density at radius 3 is 2.58 bits per heavy atom. The number of carbonyl (C=O) groups is 2. The highest BCUT2D eigenvalue weighted by Crippen LogP contribution is 2.09. The minimum atomic E-state index is -1.05. The van der Waals surface area contributed by atoms with Crippen molar-refractivity contribution in [2.45, 2.75) is 6.42 Å². The SMILES string of the molecule is [N-]=[N+]=NCC(=O)Nc1ccc(CCNC(=O)O)cc1. The van der Waals surface area contributed by atoms with Crippen molar-refractivity contribution in [3.05, 3.63) is 40.3 Å². The second-order valence-corrected chi connectivity index (χ2v) is 3.62. The van der Waals surface area contributed by atoms with Gasteiger partial charge in [-0.25, -0.2) is 4.79 Å². The Morgan fingerprint density at radius 1 is 1.32 bits per heavy atom. The maximum Gasteiger partial charge on any atom is 0.404 e. The number of carboxylic acid groups (broad SMARTS) is 1. The highest BCUT2D eigenvalue weighted by atomic mass is 16.4. The van der Waals surface area contributed by atoms with Crippen LogP contribution in [0.1, 0.15) is 5.56 Å². The summed E-state index contributed by atoms with van der Waals surface area (Å²) in [5, 5.41) is 16.4. The van der Waals surface area contributed by atoms with E-state index in [2.05, 4.69) is 20.7 Å². The molecule has 0 fully saturated rings. The Kier molecular flexibility index (Phi) is 5.71. The fourth-order valence-electron chi connectivity index (χ4n) is 1.36. The summed E-state index contributed by atoms with van der Waals surface area (Å²) in [6.07, 6.45) is -0.485. The van der Waals surface area contributed by atoms with E-state index in [0.29, 0.717) is 18.7 Å². The maximum atomic E-state index is 11.3. The van der Waals surface area contributed by atoms with Gasteiger partial charge in [0.2, 0.25) is 5.91 Å². The van der Waals surface area contributed by atoms with E-state index in [1.807, 2.05) is 0 Å². The van der Waals surface area contributed by atoms with Gasteiger partial charge in [-0.2, -0.15) is 0 Å². The highest BCUT2D eigenvalue weighted by Gasteiger charge is 2.01. The Balaban J connectivity index is 2.44. The van der Waals surface area contributed by atoms with Gasteiger partial charge in [0.25, 0.3) is 0 Å². The first kappa shape index (κ1) is 14.3. The van der Waals surface area contributed by atoms with Crippen LogP contribution in [0, 0.1) is 0 Å². The molecule has 8 nitrogen and oxygen atoms in total. The molecule has 0 radical (unpaired) electrons. The summed E-state index contributed by atoms with van der Waals surface area (Å²) >= 11 is 0. The fraction of sp³-hybridized carbons (Fsp3) is 0.273. The van der Waals surface area contributed by atoms with E-state index in [-0.39, 0.29) is 6.54 Å². The van der Waals surface area contributed by atoms with Crippen molar-refractivity contribution < 1.29 is 14.7 Å². The molecule has 0 aliphatic heterocycles. The van der Waals surface area contributed by atoms with Crippen LogP contribution in [0.3, 0.4) is 0 Å². The summed E-state index contributed by atoms with van der Waals surface area (Å²) in [6.45, 7) is 0.0820. The molecule has 0 saturated heterocycles. The topological polar surface area (TPSA) is 127 Å². The Bertz CT molecular complexity index is 494. The van der Waals surface area contributed by atoms with Gasteiger partial charge in [-0.15, -0.1) is 0 Å². The van der Waals surface area contributed by atoms with E-state index in [1.54, 1.807) is 24.3 Å². The molecule has 1 rings (SSSR count). The number of nitrogens with one attached hydrogen (secondary N) is 2. The molecule has 0 spiro atoms. The van der Waals surface area contributed by atoms with E-state index >= 15 is 0 Å². The number of anilines is 1. The average Bonchev–Trinajstić information content (AvgIpc) is 2.38. The molecular weight excluding hydrogens is 250 g/mol. The van der Waals surface area contributed by atoms with Gasteiger partial charge in [0.05, 0.1) is 0 Å². The van der Waals surface area contributed by atoms with E-state index in [9.17, 15) is 9.59 Å². The molecule has 2 amide bonds. The van der Waals surface area contributed by atoms with Gasteiger partial charge in [-0.3, -0.25) is 4.79 Å². The Morgan fingerprint density at radius 2 is 2.00 bits per heavy atom. The van der Waals surface area contributed by atoms with Gasteiger partial charge in [0.1, 0.15) is 6.54 Å². The molecule has 1 aromatic rings. The third-order valence-corrected chi connectivity index (χ3v) is 2.21. The van der Waals surface area contributed by atoms with Gasteiger partial charge in [0.15, 0.2) is 0 Å². The van der Waals surface area contributed by atoms with Crippen LogP contribution in [-0.4, -0.2) is 30.2 Å². The van der Waals surface area contributed by atoms with E-state index < -0.39 is 12.0 Å². The standard InChI is InChI=1S/C11H13N5O3/c12-16-14-7-10(17)15-9-3-1-8(2-4-9)5-6-13-11(18)19/h1-4,13H,5-7H2,(H,15,17)(H,18,19). The summed E-state index contributed by atoms with van der Waals surface area (Å²) in [5.74, 6) is -0.391. The first-order valence-corrected chi connectivity index (χ1v) is 5.48. The third-order valence-electron chi connectivity index (χ3n) is 2.21. The van der Waals surface area contributed by atoms with Gasteiger partial charge in [0, 0.05) is 17.1 Å². The van der Waals surface area contributed by atoms with Crippen molar-refractivity contribution in [3.63, 3.8) is 0 Å². The highest BCUT2D eigenvalue weighted by molar-refractivity contribution is 5.92. The van der Waals surface area contributed by atoms with E-state index in [4.69, 9.17) is 10.6 Å². The number of azide groups is 1. The number of benzene rings is 1. The second-order valence-electron chi connectivity index (χ2n) is 3.62. The lowest BCUT2D eigenvalue weighted by molar-refractivity contribution is -0.114. The zero-order valence-electron chi connectivity index (χ0n) is 10.0. The number of rotatable bonds is 6. The lowest BCUT2D eigenvalue weighted by Crippen LogP contribution is -2.23. The predicted molar refractivity (Wildman–Crippen MR) is 68.8 cm³/mol. The van der Waals surface area contributed by atoms with Crippen molar-refractivity contribution in [2.75, 3.05) is 18.4 Å². The maximum absolute atomic E-state index is 11.3. The van der Waals surface area contributed by atoms with Crippen molar-refractivity contribution >= 4 is 17.7 Å². The fourth-order valence-corrected chi connectivity index (χ4v) is 1.36. The lowest BCUT2D eigenvalue weighted by Gasteiger charge is -2.05. The molecule has 0 aromatic heterocycles. The molecule has 0 aliphatic rings. The number of carbonyl (C=O) groups excluding carboxylic acids is 1. The Hall–Kier alpha value is -2.73. The van der Waals surface area contributed by atoms with Crippen LogP contribution in [0.2, 0.25) is 0 Å². The molecule has 0 unspecified atom stereocenters. The summed E-state index contributed by atoms with van der Waals surface area (Å²) in [5.41, 5.74) is 9.61. The van der Waals surface area contributed by atoms with Crippen LogP contribution in [0.15, 0.2) is 29.4 Å². The molecule has 0 bridgehead atoms. The monoisotopic (exact) mass is 263 g/mol. The van der Waals surface area contributed by atoms with E-state index in [0.717, 1.165) is 5.56 Å².